The lowest BCUT2D eigenvalue weighted by Gasteiger charge is -2.29. The Morgan fingerprint density at radius 3 is 2.86 bits per heavy atom. The van der Waals surface area contributed by atoms with Crippen LogP contribution in [0.1, 0.15) is 31.2 Å². The number of methoxy groups -OCH3 is 1. The van der Waals surface area contributed by atoms with Crippen LogP contribution in [-0.2, 0) is 11.3 Å². The highest BCUT2D eigenvalue weighted by Crippen LogP contribution is 2.28. The summed E-state index contributed by atoms with van der Waals surface area (Å²) in [7, 11) is 3.31. The van der Waals surface area contributed by atoms with Crippen LogP contribution in [0.5, 0.6) is 11.5 Å². The molecule has 21 heavy (non-hydrogen) atoms. The van der Waals surface area contributed by atoms with Gasteiger partial charge in [0.15, 0.2) is 11.5 Å². The van der Waals surface area contributed by atoms with Gasteiger partial charge in [0.05, 0.1) is 7.11 Å². The van der Waals surface area contributed by atoms with Crippen molar-refractivity contribution in [3.05, 3.63) is 23.8 Å². The molecule has 1 aliphatic rings. The monoisotopic (exact) mass is 292 g/mol. The topological polar surface area (TPSA) is 75.8 Å². The van der Waals surface area contributed by atoms with Crippen molar-refractivity contribution in [2.75, 3.05) is 14.2 Å². The maximum Gasteiger partial charge on any atom is 0.225 e. The summed E-state index contributed by atoms with van der Waals surface area (Å²) in [6.07, 6.45) is 3.73. The zero-order valence-electron chi connectivity index (χ0n) is 12.7. The quantitative estimate of drug-likeness (QED) is 0.888. The fraction of sp³-hybridized carbons (Fsp3) is 0.562. The lowest BCUT2D eigenvalue weighted by atomic mass is 9.85. The zero-order chi connectivity index (χ0) is 15.4. The van der Waals surface area contributed by atoms with Crippen LogP contribution in [0.4, 0.5) is 0 Å². The molecule has 0 saturated heterocycles. The summed E-state index contributed by atoms with van der Waals surface area (Å²) in [6.45, 7) is 0.474. The number of nitrogens with zero attached hydrogens (tertiary/aromatic N) is 1. The second-order valence-corrected chi connectivity index (χ2v) is 5.82. The summed E-state index contributed by atoms with van der Waals surface area (Å²) >= 11 is 0. The molecule has 1 aromatic rings. The summed E-state index contributed by atoms with van der Waals surface area (Å²) < 4.78 is 5.01. The molecule has 2 rings (SSSR count). The van der Waals surface area contributed by atoms with Crippen molar-refractivity contribution in [3.8, 4) is 11.5 Å². The van der Waals surface area contributed by atoms with Crippen LogP contribution in [0.3, 0.4) is 0 Å². The average Bonchev–Trinajstić information content (AvgIpc) is 2.46. The van der Waals surface area contributed by atoms with Gasteiger partial charge in [-0.05, 0) is 37.0 Å². The molecular formula is C16H24N2O3. The predicted octanol–water partition coefficient (Wildman–Crippen LogP) is 1.88. The zero-order valence-corrected chi connectivity index (χ0v) is 12.7. The highest BCUT2D eigenvalue weighted by atomic mass is 16.5. The van der Waals surface area contributed by atoms with E-state index in [1.54, 1.807) is 24.1 Å². The second-order valence-electron chi connectivity index (χ2n) is 5.82. The molecule has 2 unspecified atom stereocenters. The number of hydrogen-bond acceptors (Lipinski definition) is 4. The Morgan fingerprint density at radius 2 is 2.24 bits per heavy atom. The molecule has 0 heterocycles. The largest absolute Gasteiger partial charge is 0.504 e. The molecule has 116 valence electrons. The van der Waals surface area contributed by atoms with Gasteiger partial charge in [0.1, 0.15) is 0 Å². The van der Waals surface area contributed by atoms with Crippen molar-refractivity contribution in [1.29, 1.82) is 0 Å². The number of benzene rings is 1. The molecule has 2 atom stereocenters. The number of hydrogen-bond donors (Lipinski definition) is 2. The molecule has 0 bridgehead atoms. The van der Waals surface area contributed by atoms with Gasteiger partial charge >= 0.3 is 0 Å². The minimum Gasteiger partial charge on any atom is -0.504 e. The number of rotatable bonds is 4. The van der Waals surface area contributed by atoms with Crippen LogP contribution < -0.4 is 10.5 Å². The first-order chi connectivity index (χ1) is 10.0. The van der Waals surface area contributed by atoms with Gasteiger partial charge in [-0.25, -0.2) is 0 Å². The first-order valence-electron chi connectivity index (χ1n) is 7.37. The van der Waals surface area contributed by atoms with E-state index in [-0.39, 0.29) is 23.6 Å². The van der Waals surface area contributed by atoms with E-state index in [1.807, 2.05) is 6.07 Å². The Labute approximate surface area is 125 Å². The third-order valence-corrected chi connectivity index (χ3v) is 4.10. The fourth-order valence-corrected chi connectivity index (χ4v) is 2.95. The summed E-state index contributed by atoms with van der Waals surface area (Å²) in [6, 6.07) is 5.34. The molecule has 0 radical (unpaired) electrons. The van der Waals surface area contributed by atoms with Crippen LogP contribution >= 0.6 is 0 Å². The average molecular weight is 292 g/mol. The molecule has 1 aromatic carbocycles. The molecular weight excluding hydrogens is 268 g/mol. The molecule has 0 aliphatic heterocycles. The highest BCUT2D eigenvalue weighted by Gasteiger charge is 2.27. The fourth-order valence-electron chi connectivity index (χ4n) is 2.95. The number of nitrogens with two attached hydrogens (primary N) is 1. The molecule has 5 nitrogen and oxygen atoms in total. The van der Waals surface area contributed by atoms with Crippen molar-refractivity contribution < 1.29 is 14.6 Å². The summed E-state index contributed by atoms with van der Waals surface area (Å²) in [4.78, 5) is 14.2. The second kappa shape index (κ2) is 6.80. The summed E-state index contributed by atoms with van der Waals surface area (Å²) in [5, 5.41) is 9.78. The maximum absolute atomic E-state index is 12.4. The van der Waals surface area contributed by atoms with E-state index in [4.69, 9.17) is 10.5 Å². The van der Waals surface area contributed by atoms with Gasteiger partial charge < -0.3 is 20.5 Å². The van der Waals surface area contributed by atoms with Crippen LogP contribution in [0.15, 0.2) is 18.2 Å². The van der Waals surface area contributed by atoms with Crippen molar-refractivity contribution in [3.63, 3.8) is 0 Å². The van der Waals surface area contributed by atoms with Crippen molar-refractivity contribution in [1.82, 2.24) is 4.90 Å². The number of ether oxygens (including phenoxy) is 1. The molecule has 3 N–H and O–H groups in total. The highest BCUT2D eigenvalue weighted by molar-refractivity contribution is 5.78. The number of aromatic hydroxyl groups is 1. The van der Waals surface area contributed by atoms with Crippen molar-refractivity contribution in [2.24, 2.45) is 11.7 Å². The molecule has 0 aromatic heterocycles. The Kier molecular flexibility index (Phi) is 5.07. The number of phenols is 1. The molecule has 1 aliphatic carbocycles. The minimum absolute atomic E-state index is 0.0330. The van der Waals surface area contributed by atoms with Gasteiger partial charge in [0.2, 0.25) is 5.91 Å². The van der Waals surface area contributed by atoms with Gasteiger partial charge in [0.25, 0.3) is 0 Å². The SMILES string of the molecule is COc1ccc(CN(C)C(=O)C2CCCC(N)C2)cc1O. The summed E-state index contributed by atoms with van der Waals surface area (Å²) in [5.74, 6) is 0.701. The van der Waals surface area contributed by atoms with E-state index < -0.39 is 0 Å². The van der Waals surface area contributed by atoms with E-state index in [1.165, 1.54) is 7.11 Å². The van der Waals surface area contributed by atoms with Gasteiger partial charge in [-0.3, -0.25) is 4.79 Å². The number of carbonyl (C=O) groups excluding carboxylic acids is 1. The molecule has 1 saturated carbocycles. The first kappa shape index (κ1) is 15.6. The van der Waals surface area contributed by atoms with Gasteiger partial charge in [-0.1, -0.05) is 12.5 Å². The first-order valence-corrected chi connectivity index (χ1v) is 7.37. The molecule has 5 heteroatoms. The number of carbonyl (C=O) groups is 1. The normalized spacial score (nSPS) is 21.9. The third kappa shape index (κ3) is 3.88. The third-order valence-electron chi connectivity index (χ3n) is 4.10. The van der Waals surface area contributed by atoms with Crippen LogP contribution in [0.25, 0.3) is 0 Å². The van der Waals surface area contributed by atoms with Crippen LogP contribution in [-0.4, -0.2) is 36.1 Å². The van der Waals surface area contributed by atoms with E-state index >= 15 is 0 Å². The Morgan fingerprint density at radius 1 is 1.48 bits per heavy atom. The molecule has 0 spiro atoms. The van der Waals surface area contributed by atoms with Crippen molar-refractivity contribution >= 4 is 5.91 Å². The van der Waals surface area contributed by atoms with E-state index in [2.05, 4.69) is 0 Å². The predicted molar refractivity (Wildman–Crippen MR) is 81.1 cm³/mol. The van der Waals surface area contributed by atoms with Crippen molar-refractivity contribution in [2.45, 2.75) is 38.3 Å². The maximum atomic E-state index is 12.4. The lowest BCUT2D eigenvalue weighted by molar-refractivity contribution is -0.135. The number of phenolic OH excluding ortho intramolecular Hbond substituents is 1. The Bertz CT molecular complexity index is 504. The van der Waals surface area contributed by atoms with E-state index in [0.717, 1.165) is 31.2 Å². The minimum atomic E-state index is 0.0330. The standard InChI is InChI=1S/C16H24N2O3/c1-18(16(20)12-4-3-5-13(17)9-12)10-11-6-7-15(21-2)14(19)8-11/h6-8,12-13,19H,3-5,9-10,17H2,1-2H3. The Hall–Kier alpha value is -1.75. The summed E-state index contributed by atoms with van der Waals surface area (Å²) in [5.41, 5.74) is 6.83. The molecule has 1 amide bonds. The smallest absolute Gasteiger partial charge is 0.225 e. The van der Waals surface area contributed by atoms with Gasteiger partial charge in [0, 0.05) is 25.6 Å². The van der Waals surface area contributed by atoms with Gasteiger partial charge in [-0.15, -0.1) is 0 Å². The van der Waals surface area contributed by atoms with E-state index in [9.17, 15) is 9.90 Å². The van der Waals surface area contributed by atoms with Crippen LogP contribution in [0.2, 0.25) is 0 Å². The van der Waals surface area contributed by atoms with Gasteiger partial charge in [-0.2, -0.15) is 0 Å². The number of amides is 1. The lowest BCUT2D eigenvalue weighted by Crippen LogP contribution is -2.38. The van der Waals surface area contributed by atoms with E-state index in [0.29, 0.717) is 12.3 Å². The Balaban J connectivity index is 1.98. The van der Waals surface area contributed by atoms with Crippen LogP contribution in [0, 0.1) is 5.92 Å². The molecule has 1 fully saturated rings.